The number of terminal acetylenes is 1. The van der Waals surface area contributed by atoms with Gasteiger partial charge >= 0.3 is 11.9 Å². The predicted octanol–water partition coefficient (Wildman–Crippen LogP) is 7.31. The van der Waals surface area contributed by atoms with Crippen LogP contribution in [0.2, 0.25) is 19.6 Å². The van der Waals surface area contributed by atoms with Crippen LogP contribution in [-0.4, -0.2) is 34.2 Å². The first-order chi connectivity index (χ1) is 21.1. The molecule has 7 heteroatoms. The van der Waals surface area contributed by atoms with Crippen LogP contribution < -0.4 is 9.47 Å². The molecule has 0 amide bonds. The minimum atomic E-state index is -1.46. The van der Waals surface area contributed by atoms with E-state index in [9.17, 15) is 9.59 Å². The number of benzene rings is 4. The van der Waals surface area contributed by atoms with Crippen molar-refractivity contribution in [3.8, 4) is 35.3 Å². The molecule has 4 aromatic rings. The SMILES string of the molecule is C#Cc1ccc(C(=O)OC)c(OCc2ccccc2)c1.COC(=O)c1ccc(C#C[Si](C)(C)C)cc1OCc1ccccc1. The van der Waals surface area contributed by atoms with Gasteiger partial charge in [-0.3, -0.25) is 0 Å². The molecule has 0 aliphatic rings. The largest absolute Gasteiger partial charge is 0.488 e. The van der Waals surface area contributed by atoms with Gasteiger partial charge in [-0.05, 0) is 47.5 Å². The molecule has 4 rings (SSSR count). The lowest BCUT2D eigenvalue weighted by Crippen LogP contribution is -2.16. The molecule has 0 saturated carbocycles. The van der Waals surface area contributed by atoms with E-state index in [4.69, 9.17) is 25.4 Å². The first kappa shape index (κ1) is 33.3. The summed E-state index contributed by atoms with van der Waals surface area (Å²) in [6.45, 7) is 7.31. The van der Waals surface area contributed by atoms with Crippen LogP contribution in [0.25, 0.3) is 0 Å². The van der Waals surface area contributed by atoms with E-state index in [2.05, 4.69) is 37.0 Å². The van der Waals surface area contributed by atoms with Gasteiger partial charge in [0, 0.05) is 11.1 Å². The molecule has 0 aliphatic heterocycles. The number of ether oxygens (including phenoxy) is 4. The summed E-state index contributed by atoms with van der Waals surface area (Å²) in [5, 5.41) is 0. The number of hydrogen-bond acceptors (Lipinski definition) is 6. The average Bonchev–Trinajstić information content (AvgIpc) is 3.05. The Morgan fingerprint density at radius 3 is 1.50 bits per heavy atom. The van der Waals surface area contributed by atoms with Gasteiger partial charge in [0.25, 0.3) is 0 Å². The van der Waals surface area contributed by atoms with Gasteiger partial charge in [0.15, 0.2) is 0 Å². The Balaban J connectivity index is 0.000000244. The molecule has 224 valence electrons. The van der Waals surface area contributed by atoms with Crippen molar-refractivity contribution in [2.24, 2.45) is 0 Å². The summed E-state index contributed by atoms with van der Waals surface area (Å²) in [5.41, 5.74) is 7.63. The molecule has 0 aliphatic carbocycles. The maximum atomic E-state index is 11.9. The van der Waals surface area contributed by atoms with E-state index >= 15 is 0 Å². The summed E-state index contributed by atoms with van der Waals surface area (Å²) < 4.78 is 21.1. The third-order valence-corrected chi connectivity index (χ3v) is 6.87. The quantitative estimate of drug-likeness (QED) is 0.119. The molecule has 4 aromatic carbocycles. The molecule has 0 aromatic heterocycles. The van der Waals surface area contributed by atoms with Crippen molar-refractivity contribution in [2.45, 2.75) is 32.9 Å². The van der Waals surface area contributed by atoms with E-state index in [0.717, 1.165) is 16.7 Å². The van der Waals surface area contributed by atoms with Crippen molar-refractivity contribution < 1.29 is 28.5 Å². The summed E-state index contributed by atoms with van der Waals surface area (Å²) in [6, 6.07) is 29.8. The van der Waals surface area contributed by atoms with Gasteiger partial charge in [0.05, 0.1) is 14.2 Å². The normalized spacial score (nSPS) is 10.1. The molecular weight excluding hydrogens is 568 g/mol. The smallest absolute Gasteiger partial charge is 0.341 e. The molecule has 6 nitrogen and oxygen atoms in total. The van der Waals surface area contributed by atoms with E-state index in [1.165, 1.54) is 14.2 Å². The maximum Gasteiger partial charge on any atom is 0.341 e. The maximum absolute atomic E-state index is 11.9. The Morgan fingerprint density at radius 2 is 1.09 bits per heavy atom. The fourth-order valence-electron chi connectivity index (χ4n) is 3.74. The van der Waals surface area contributed by atoms with Gasteiger partial charge in [-0.25, -0.2) is 9.59 Å². The third-order valence-electron chi connectivity index (χ3n) is 6.00. The molecule has 44 heavy (non-hydrogen) atoms. The molecular formula is C37H36O6Si. The van der Waals surface area contributed by atoms with Crippen LogP contribution in [0, 0.1) is 23.8 Å². The van der Waals surface area contributed by atoms with Crippen LogP contribution in [0.4, 0.5) is 0 Å². The van der Waals surface area contributed by atoms with Crippen molar-refractivity contribution >= 4 is 20.0 Å². The minimum absolute atomic E-state index is 0.360. The second kappa shape index (κ2) is 16.4. The van der Waals surface area contributed by atoms with Crippen LogP contribution in [0.15, 0.2) is 97.1 Å². The van der Waals surface area contributed by atoms with Gasteiger partial charge in [-0.15, -0.1) is 12.0 Å². The lowest BCUT2D eigenvalue weighted by molar-refractivity contribution is 0.0586. The highest BCUT2D eigenvalue weighted by Gasteiger charge is 2.15. The van der Waals surface area contributed by atoms with Gasteiger partial charge in [-0.1, -0.05) is 92.1 Å². The van der Waals surface area contributed by atoms with Crippen molar-refractivity contribution in [3.63, 3.8) is 0 Å². The zero-order valence-corrected chi connectivity index (χ0v) is 26.7. The van der Waals surface area contributed by atoms with Gasteiger partial charge in [0.1, 0.15) is 43.9 Å². The van der Waals surface area contributed by atoms with Crippen LogP contribution in [0.1, 0.15) is 43.0 Å². The van der Waals surface area contributed by atoms with E-state index in [0.29, 0.717) is 41.4 Å². The monoisotopic (exact) mass is 604 g/mol. The van der Waals surface area contributed by atoms with Crippen LogP contribution >= 0.6 is 0 Å². The first-order valence-corrected chi connectivity index (χ1v) is 17.4. The molecule has 0 N–H and O–H groups in total. The molecule has 0 bridgehead atoms. The second-order valence-corrected chi connectivity index (χ2v) is 15.3. The van der Waals surface area contributed by atoms with Crippen molar-refractivity contribution in [2.75, 3.05) is 14.2 Å². The molecule has 0 radical (unpaired) electrons. The Kier molecular flexibility index (Phi) is 12.4. The van der Waals surface area contributed by atoms with Gasteiger partial charge in [0.2, 0.25) is 0 Å². The summed E-state index contributed by atoms with van der Waals surface area (Å²) >= 11 is 0. The number of carbonyl (C=O) groups is 2. The van der Waals surface area contributed by atoms with Crippen LogP contribution in [0.5, 0.6) is 11.5 Å². The van der Waals surface area contributed by atoms with Crippen molar-refractivity contribution in [1.29, 1.82) is 0 Å². The highest BCUT2D eigenvalue weighted by Crippen LogP contribution is 2.24. The van der Waals surface area contributed by atoms with E-state index < -0.39 is 20.0 Å². The van der Waals surface area contributed by atoms with Crippen LogP contribution in [-0.2, 0) is 22.7 Å². The minimum Gasteiger partial charge on any atom is -0.488 e. The molecule has 0 saturated heterocycles. The highest BCUT2D eigenvalue weighted by molar-refractivity contribution is 6.83. The molecule has 0 fully saturated rings. The fraction of sp³-hybridized carbons (Fsp3) is 0.189. The van der Waals surface area contributed by atoms with Crippen molar-refractivity contribution in [1.82, 2.24) is 0 Å². The zero-order chi connectivity index (χ0) is 32.0. The number of carbonyl (C=O) groups excluding carboxylic acids is 2. The van der Waals surface area contributed by atoms with E-state index in [-0.39, 0.29) is 0 Å². The predicted molar refractivity (Wildman–Crippen MR) is 175 cm³/mol. The summed E-state index contributed by atoms with van der Waals surface area (Å²) in [6.07, 6.45) is 5.36. The Hall–Kier alpha value is -5.24. The Bertz CT molecular complexity index is 1660. The van der Waals surface area contributed by atoms with E-state index in [1.54, 1.807) is 24.3 Å². The standard InChI is InChI=1S/C20H22O3Si.C17H14O3/c1-22-20(21)18-11-10-16(12-13-24(2,3)4)14-19(18)23-15-17-8-6-5-7-9-17;1-3-13-9-10-15(17(18)19-2)16(11-13)20-12-14-7-5-4-6-8-14/h5-11,14H,15H2,1-4H3;1,4-11H,12H2,2H3. The number of rotatable bonds is 8. The lowest BCUT2D eigenvalue weighted by atomic mass is 10.1. The molecule has 0 heterocycles. The van der Waals surface area contributed by atoms with Crippen LogP contribution in [0.3, 0.4) is 0 Å². The second-order valence-electron chi connectivity index (χ2n) is 10.6. The summed E-state index contributed by atoms with van der Waals surface area (Å²) in [7, 11) is 1.23. The summed E-state index contributed by atoms with van der Waals surface area (Å²) in [5.74, 6) is 5.76. The number of methoxy groups -OCH3 is 2. The zero-order valence-electron chi connectivity index (χ0n) is 25.7. The first-order valence-electron chi connectivity index (χ1n) is 13.9. The lowest BCUT2D eigenvalue weighted by Gasteiger charge is -2.11. The fourth-order valence-corrected chi connectivity index (χ4v) is 4.26. The Morgan fingerprint density at radius 1 is 0.659 bits per heavy atom. The summed E-state index contributed by atoms with van der Waals surface area (Å²) in [4.78, 5) is 23.6. The Labute approximate surface area is 261 Å². The van der Waals surface area contributed by atoms with Gasteiger partial charge in [-0.2, -0.15) is 0 Å². The van der Waals surface area contributed by atoms with Gasteiger partial charge < -0.3 is 18.9 Å². The molecule has 0 unspecified atom stereocenters. The third kappa shape index (κ3) is 10.5. The number of hydrogen-bond donors (Lipinski definition) is 0. The topological polar surface area (TPSA) is 71.1 Å². The average molecular weight is 605 g/mol. The molecule has 0 atom stereocenters. The van der Waals surface area contributed by atoms with Crippen molar-refractivity contribution in [3.05, 3.63) is 130 Å². The highest BCUT2D eigenvalue weighted by atomic mass is 28.3. The number of esters is 2. The van der Waals surface area contributed by atoms with E-state index in [1.807, 2.05) is 72.8 Å². The molecule has 0 spiro atoms.